The molecule has 0 spiro atoms. The first-order chi connectivity index (χ1) is 9.60. The number of rotatable bonds is 4. The van der Waals surface area contributed by atoms with E-state index in [4.69, 9.17) is 15.7 Å². The molecule has 2 N–H and O–H groups in total. The lowest BCUT2D eigenvalue weighted by Gasteiger charge is -2.23. The zero-order chi connectivity index (χ0) is 14.5. The second kappa shape index (κ2) is 6.18. The number of hydrogen-bond donors (Lipinski definition) is 1. The van der Waals surface area contributed by atoms with Crippen molar-refractivity contribution in [2.45, 2.75) is 19.1 Å². The fraction of sp³-hybridized carbons (Fsp3) is 0.188. The maximum Gasteiger partial charge on any atom is 0.139 e. The molecule has 2 rings (SSSR count). The number of halogens is 1. The fourth-order valence-corrected chi connectivity index (χ4v) is 1.92. The van der Waals surface area contributed by atoms with Crippen LogP contribution in [0.15, 0.2) is 48.5 Å². The first-order valence-electron chi connectivity index (χ1n) is 6.28. The van der Waals surface area contributed by atoms with Gasteiger partial charge >= 0.3 is 0 Å². The topological polar surface area (TPSA) is 59.0 Å². The van der Waals surface area contributed by atoms with Gasteiger partial charge in [0.15, 0.2) is 0 Å². The summed E-state index contributed by atoms with van der Waals surface area (Å²) in [6.07, 6.45) is -0.446. The second-order valence-electron chi connectivity index (χ2n) is 4.59. The smallest absolute Gasteiger partial charge is 0.139 e. The van der Waals surface area contributed by atoms with Crippen LogP contribution < -0.4 is 10.5 Å². The molecule has 0 aromatic heterocycles. The summed E-state index contributed by atoms with van der Waals surface area (Å²) < 4.78 is 19.1. The maximum absolute atomic E-state index is 13.3. The Morgan fingerprint density at radius 2 is 1.90 bits per heavy atom. The Kier molecular flexibility index (Phi) is 4.34. The van der Waals surface area contributed by atoms with Crippen LogP contribution in [0.5, 0.6) is 5.75 Å². The van der Waals surface area contributed by atoms with E-state index in [-0.39, 0.29) is 11.9 Å². The molecule has 2 unspecified atom stereocenters. The summed E-state index contributed by atoms with van der Waals surface area (Å²) in [6, 6.07) is 14.7. The summed E-state index contributed by atoms with van der Waals surface area (Å²) in [5.74, 6) is 0.270. The normalized spacial score (nSPS) is 13.3. The first-order valence-corrected chi connectivity index (χ1v) is 6.28. The quantitative estimate of drug-likeness (QED) is 0.928. The molecule has 0 aliphatic rings. The number of nitrogens with zero attached hydrogens (tertiary/aromatic N) is 1. The molecule has 0 saturated carbocycles. The van der Waals surface area contributed by atoms with E-state index in [1.165, 1.54) is 12.1 Å². The molecule has 20 heavy (non-hydrogen) atoms. The van der Waals surface area contributed by atoms with E-state index in [0.717, 1.165) is 0 Å². The molecular formula is C16H15FN2O. The lowest BCUT2D eigenvalue weighted by atomic mass is 10.0. The van der Waals surface area contributed by atoms with Crippen molar-refractivity contribution >= 4 is 0 Å². The summed E-state index contributed by atoms with van der Waals surface area (Å²) >= 11 is 0. The molecule has 4 heteroatoms. The van der Waals surface area contributed by atoms with Crippen LogP contribution in [0.1, 0.15) is 24.2 Å². The molecule has 2 aromatic rings. The average Bonchev–Trinajstić information content (AvgIpc) is 2.45. The van der Waals surface area contributed by atoms with E-state index >= 15 is 0 Å². The van der Waals surface area contributed by atoms with Gasteiger partial charge in [0, 0.05) is 6.04 Å². The van der Waals surface area contributed by atoms with E-state index in [9.17, 15) is 4.39 Å². The van der Waals surface area contributed by atoms with Gasteiger partial charge in [0.2, 0.25) is 0 Å². The number of nitriles is 1. The van der Waals surface area contributed by atoms with Gasteiger partial charge < -0.3 is 10.5 Å². The van der Waals surface area contributed by atoms with Crippen LogP contribution in [0.4, 0.5) is 4.39 Å². The van der Waals surface area contributed by atoms with Gasteiger partial charge in [-0.05, 0) is 48.9 Å². The SMILES string of the molecule is CC(N)C(Oc1ccc(C#N)cc1)c1cccc(F)c1. The monoisotopic (exact) mass is 270 g/mol. The van der Waals surface area contributed by atoms with Gasteiger partial charge in [0.05, 0.1) is 11.6 Å². The number of nitrogens with two attached hydrogens (primary N) is 1. The summed E-state index contributed by atoms with van der Waals surface area (Å²) in [6.45, 7) is 1.80. The highest BCUT2D eigenvalue weighted by Gasteiger charge is 2.18. The van der Waals surface area contributed by atoms with Crippen LogP contribution in [-0.4, -0.2) is 6.04 Å². The maximum atomic E-state index is 13.3. The van der Waals surface area contributed by atoms with E-state index in [1.807, 2.05) is 6.07 Å². The number of hydrogen-bond acceptors (Lipinski definition) is 3. The minimum absolute atomic E-state index is 0.299. The molecule has 0 heterocycles. The Hall–Kier alpha value is -2.38. The Morgan fingerprint density at radius 3 is 2.45 bits per heavy atom. The molecule has 0 saturated heterocycles. The van der Waals surface area contributed by atoms with Gasteiger partial charge in [-0.3, -0.25) is 0 Å². The van der Waals surface area contributed by atoms with Gasteiger partial charge in [0.1, 0.15) is 17.7 Å². The molecule has 0 amide bonds. The van der Waals surface area contributed by atoms with Crippen LogP contribution in [0.25, 0.3) is 0 Å². The third kappa shape index (κ3) is 3.34. The van der Waals surface area contributed by atoms with E-state index in [2.05, 4.69) is 0 Å². The standard InChI is InChI=1S/C16H15FN2O/c1-11(19)16(13-3-2-4-14(17)9-13)20-15-7-5-12(10-18)6-8-15/h2-9,11,16H,19H2,1H3. The summed E-state index contributed by atoms with van der Waals surface area (Å²) in [7, 11) is 0. The molecule has 0 fully saturated rings. The van der Waals surface area contributed by atoms with Crippen molar-refractivity contribution < 1.29 is 9.13 Å². The molecule has 0 aliphatic heterocycles. The zero-order valence-electron chi connectivity index (χ0n) is 11.1. The van der Waals surface area contributed by atoms with Gasteiger partial charge in [-0.25, -0.2) is 4.39 Å². The van der Waals surface area contributed by atoms with Crippen molar-refractivity contribution in [2.24, 2.45) is 5.73 Å². The van der Waals surface area contributed by atoms with E-state index < -0.39 is 6.10 Å². The first kappa shape index (κ1) is 14.0. The molecule has 2 aromatic carbocycles. The van der Waals surface area contributed by atoms with Crippen molar-refractivity contribution in [1.29, 1.82) is 5.26 Å². The van der Waals surface area contributed by atoms with Crippen LogP contribution >= 0.6 is 0 Å². The summed E-state index contributed by atoms with van der Waals surface area (Å²) in [4.78, 5) is 0. The van der Waals surface area contributed by atoms with E-state index in [1.54, 1.807) is 43.3 Å². The Morgan fingerprint density at radius 1 is 1.20 bits per heavy atom. The minimum Gasteiger partial charge on any atom is -0.484 e. The Labute approximate surface area is 117 Å². The van der Waals surface area contributed by atoms with Crippen LogP contribution in [0.2, 0.25) is 0 Å². The molecule has 3 nitrogen and oxygen atoms in total. The molecule has 102 valence electrons. The zero-order valence-corrected chi connectivity index (χ0v) is 11.1. The van der Waals surface area contributed by atoms with Gasteiger partial charge in [-0.2, -0.15) is 5.26 Å². The molecule has 0 bridgehead atoms. The van der Waals surface area contributed by atoms with Crippen molar-refractivity contribution in [1.82, 2.24) is 0 Å². The second-order valence-corrected chi connectivity index (χ2v) is 4.59. The Balaban J connectivity index is 2.23. The van der Waals surface area contributed by atoms with Crippen LogP contribution in [0.3, 0.4) is 0 Å². The minimum atomic E-state index is -0.446. The fourth-order valence-electron chi connectivity index (χ4n) is 1.92. The van der Waals surface area contributed by atoms with Crippen molar-refractivity contribution in [3.8, 4) is 11.8 Å². The van der Waals surface area contributed by atoms with Crippen LogP contribution in [-0.2, 0) is 0 Å². The predicted molar refractivity (Wildman–Crippen MR) is 74.6 cm³/mol. The third-order valence-corrected chi connectivity index (χ3v) is 2.90. The predicted octanol–water partition coefficient (Wildman–Crippen LogP) is 3.16. The van der Waals surface area contributed by atoms with Crippen molar-refractivity contribution in [3.63, 3.8) is 0 Å². The highest BCUT2D eigenvalue weighted by molar-refractivity contribution is 5.35. The molecular weight excluding hydrogens is 255 g/mol. The van der Waals surface area contributed by atoms with Crippen molar-refractivity contribution in [2.75, 3.05) is 0 Å². The number of benzene rings is 2. The number of ether oxygens (including phenoxy) is 1. The highest BCUT2D eigenvalue weighted by Crippen LogP contribution is 2.25. The van der Waals surface area contributed by atoms with Crippen molar-refractivity contribution in [3.05, 3.63) is 65.5 Å². The molecule has 0 radical (unpaired) electrons. The average molecular weight is 270 g/mol. The molecule has 2 atom stereocenters. The Bertz CT molecular complexity index is 617. The third-order valence-electron chi connectivity index (χ3n) is 2.90. The molecule has 0 aliphatic carbocycles. The largest absolute Gasteiger partial charge is 0.484 e. The van der Waals surface area contributed by atoms with E-state index in [0.29, 0.717) is 16.9 Å². The van der Waals surface area contributed by atoms with Gasteiger partial charge in [-0.1, -0.05) is 12.1 Å². The summed E-state index contributed by atoms with van der Waals surface area (Å²) in [5, 5.41) is 8.75. The van der Waals surface area contributed by atoms with Gasteiger partial charge in [0.25, 0.3) is 0 Å². The summed E-state index contributed by atoms with van der Waals surface area (Å²) in [5.41, 5.74) is 7.16. The lowest BCUT2D eigenvalue weighted by molar-refractivity contribution is 0.180. The van der Waals surface area contributed by atoms with Gasteiger partial charge in [-0.15, -0.1) is 0 Å². The van der Waals surface area contributed by atoms with Crippen LogP contribution in [0, 0.1) is 17.1 Å². The lowest BCUT2D eigenvalue weighted by Crippen LogP contribution is -2.29. The highest BCUT2D eigenvalue weighted by atomic mass is 19.1.